The molecule has 0 saturated carbocycles. The third kappa shape index (κ3) is 3.58. The lowest BCUT2D eigenvalue weighted by Crippen LogP contribution is -2.11. The van der Waals surface area contributed by atoms with Crippen LogP contribution in [0.1, 0.15) is 16.1 Å². The number of hydrogen-bond donors (Lipinski definition) is 2. The average molecular weight is 336 g/mol. The van der Waals surface area contributed by atoms with E-state index in [9.17, 15) is 9.59 Å². The number of para-hydroxylation sites is 1. The zero-order valence-electron chi connectivity index (χ0n) is 10.2. The number of benzene rings is 1. The van der Waals surface area contributed by atoms with E-state index in [0.717, 1.165) is 0 Å². The fourth-order valence-corrected chi connectivity index (χ4v) is 1.85. The van der Waals surface area contributed by atoms with Crippen molar-refractivity contribution in [2.75, 3.05) is 5.32 Å². The number of anilines is 1. The van der Waals surface area contributed by atoms with Crippen molar-refractivity contribution >= 4 is 39.6 Å². The van der Waals surface area contributed by atoms with Gasteiger partial charge in [0.15, 0.2) is 4.67 Å². The molecule has 2 N–H and O–H groups in total. The van der Waals surface area contributed by atoms with Crippen LogP contribution in [0.15, 0.2) is 51.6 Å². The second-order valence-corrected chi connectivity index (χ2v) is 4.60. The van der Waals surface area contributed by atoms with Gasteiger partial charge in [0.1, 0.15) is 5.76 Å². The molecule has 0 bridgehead atoms. The third-order valence-electron chi connectivity index (χ3n) is 2.41. The Hall–Kier alpha value is -2.34. The number of rotatable bonds is 4. The number of halogens is 1. The number of aromatic carboxylic acids is 1. The van der Waals surface area contributed by atoms with Crippen LogP contribution < -0.4 is 5.32 Å². The van der Waals surface area contributed by atoms with Crippen molar-refractivity contribution < 1.29 is 19.1 Å². The van der Waals surface area contributed by atoms with Gasteiger partial charge in [0.25, 0.3) is 0 Å². The van der Waals surface area contributed by atoms with E-state index < -0.39 is 11.9 Å². The molecule has 0 unspecified atom stereocenters. The average Bonchev–Trinajstić information content (AvgIpc) is 2.83. The predicted octanol–water partition coefficient (Wildman–Crippen LogP) is 3.39. The maximum absolute atomic E-state index is 11.7. The minimum Gasteiger partial charge on any atom is -0.478 e. The summed E-state index contributed by atoms with van der Waals surface area (Å²) in [6, 6.07) is 9.59. The summed E-state index contributed by atoms with van der Waals surface area (Å²) >= 11 is 3.15. The summed E-state index contributed by atoms with van der Waals surface area (Å²) in [6.07, 6.45) is 2.76. The Balaban J connectivity index is 2.09. The van der Waals surface area contributed by atoms with E-state index in [1.807, 2.05) is 0 Å². The van der Waals surface area contributed by atoms with Gasteiger partial charge in [-0.2, -0.15) is 0 Å². The predicted molar refractivity (Wildman–Crippen MR) is 77.5 cm³/mol. The molecule has 0 aliphatic carbocycles. The van der Waals surface area contributed by atoms with Gasteiger partial charge in [-0.3, -0.25) is 4.79 Å². The van der Waals surface area contributed by atoms with E-state index in [-0.39, 0.29) is 11.3 Å². The van der Waals surface area contributed by atoms with Crippen LogP contribution in [0.2, 0.25) is 0 Å². The van der Waals surface area contributed by atoms with Gasteiger partial charge in [-0.1, -0.05) is 12.1 Å². The molecule has 0 atom stereocenters. The molecular formula is C14H10BrNO4. The monoisotopic (exact) mass is 335 g/mol. The summed E-state index contributed by atoms with van der Waals surface area (Å²) in [5.41, 5.74) is 0.283. The molecule has 1 amide bonds. The zero-order chi connectivity index (χ0) is 14.5. The van der Waals surface area contributed by atoms with Crippen LogP contribution in [0.5, 0.6) is 0 Å². The molecule has 1 aromatic carbocycles. The molecule has 0 saturated heterocycles. The number of carboxylic acids is 1. The van der Waals surface area contributed by atoms with Gasteiger partial charge in [-0.15, -0.1) is 0 Å². The Kier molecular flexibility index (Phi) is 4.37. The zero-order valence-corrected chi connectivity index (χ0v) is 11.8. The van der Waals surface area contributed by atoms with Gasteiger partial charge in [-0.05, 0) is 46.3 Å². The highest BCUT2D eigenvalue weighted by molar-refractivity contribution is 9.10. The van der Waals surface area contributed by atoms with E-state index in [1.165, 1.54) is 24.3 Å². The highest BCUT2D eigenvalue weighted by Crippen LogP contribution is 2.16. The SMILES string of the molecule is O=C(/C=C/c1ccc(Br)o1)Nc1ccccc1C(=O)O. The van der Waals surface area contributed by atoms with Gasteiger partial charge >= 0.3 is 5.97 Å². The van der Waals surface area contributed by atoms with Crippen LogP contribution >= 0.6 is 15.9 Å². The third-order valence-corrected chi connectivity index (χ3v) is 2.83. The first-order valence-corrected chi connectivity index (χ1v) is 6.42. The second-order valence-electron chi connectivity index (χ2n) is 3.82. The van der Waals surface area contributed by atoms with E-state index in [0.29, 0.717) is 10.4 Å². The fourth-order valence-electron chi connectivity index (χ4n) is 1.53. The Morgan fingerprint density at radius 1 is 1.20 bits per heavy atom. The summed E-state index contributed by atoms with van der Waals surface area (Å²) in [5, 5.41) is 11.5. The van der Waals surface area contributed by atoms with E-state index in [1.54, 1.807) is 24.3 Å². The van der Waals surface area contributed by atoms with Crippen LogP contribution in [0.25, 0.3) is 6.08 Å². The Labute approximate surface area is 123 Å². The summed E-state index contributed by atoms with van der Waals surface area (Å²) in [7, 11) is 0. The normalized spacial score (nSPS) is 10.7. The lowest BCUT2D eigenvalue weighted by Gasteiger charge is -2.05. The number of carbonyl (C=O) groups excluding carboxylic acids is 1. The quantitative estimate of drug-likeness (QED) is 0.839. The van der Waals surface area contributed by atoms with Gasteiger partial charge < -0.3 is 14.8 Å². The van der Waals surface area contributed by atoms with Gasteiger partial charge in [-0.25, -0.2) is 4.79 Å². The van der Waals surface area contributed by atoms with Crippen molar-refractivity contribution in [1.29, 1.82) is 0 Å². The molecule has 0 spiro atoms. The summed E-state index contributed by atoms with van der Waals surface area (Å²) in [6.45, 7) is 0. The standard InChI is InChI=1S/C14H10BrNO4/c15-12-7-5-9(20-12)6-8-13(17)16-11-4-2-1-3-10(11)14(18)19/h1-8H,(H,16,17)(H,18,19)/b8-6+. The number of furan rings is 1. The highest BCUT2D eigenvalue weighted by atomic mass is 79.9. The molecule has 20 heavy (non-hydrogen) atoms. The maximum atomic E-state index is 11.7. The van der Waals surface area contributed by atoms with E-state index in [2.05, 4.69) is 21.2 Å². The van der Waals surface area contributed by atoms with E-state index >= 15 is 0 Å². The molecule has 2 aromatic rings. The highest BCUT2D eigenvalue weighted by Gasteiger charge is 2.10. The first-order chi connectivity index (χ1) is 9.56. The van der Waals surface area contributed by atoms with Crippen LogP contribution in [-0.2, 0) is 4.79 Å². The fraction of sp³-hybridized carbons (Fsp3) is 0. The molecular weight excluding hydrogens is 326 g/mol. The Bertz CT molecular complexity index is 675. The minimum atomic E-state index is -1.10. The molecule has 102 valence electrons. The van der Waals surface area contributed by atoms with Crippen molar-refractivity contribution in [2.24, 2.45) is 0 Å². The maximum Gasteiger partial charge on any atom is 0.337 e. The minimum absolute atomic E-state index is 0.0370. The summed E-state index contributed by atoms with van der Waals surface area (Å²) in [4.78, 5) is 22.7. The molecule has 0 fully saturated rings. The summed E-state index contributed by atoms with van der Waals surface area (Å²) < 4.78 is 5.77. The molecule has 1 aromatic heterocycles. The largest absolute Gasteiger partial charge is 0.478 e. The topological polar surface area (TPSA) is 79.5 Å². The second kappa shape index (κ2) is 6.21. The van der Waals surface area contributed by atoms with Crippen LogP contribution in [-0.4, -0.2) is 17.0 Å². The first-order valence-electron chi connectivity index (χ1n) is 5.63. The van der Waals surface area contributed by atoms with Crippen molar-refractivity contribution in [3.05, 3.63) is 58.5 Å². The lowest BCUT2D eigenvalue weighted by molar-refractivity contribution is -0.111. The molecule has 6 heteroatoms. The molecule has 5 nitrogen and oxygen atoms in total. The van der Waals surface area contributed by atoms with Crippen LogP contribution in [0.3, 0.4) is 0 Å². The molecule has 0 aliphatic heterocycles. The number of carboxylic acid groups (broad SMARTS) is 1. The molecule has 0 radical (unpaired) electrons. The van der Waals surface area contributed by atoms with Crippen molar-refractivity contribution in [2.45, 2.75) is 0 Å². The smallest absolute Gasteiger partial charge is 0.337 e. The number of carbonyl (C=O) groups is 2. The van der Waals surface area contributed by atoms with Crippen LogP contribution in [0.4, 0.5) is 5.69 Å². The molecule has 0 aliphatic rings. The number of nitrogens with one attached hydrogen (secondary N) is 1. The van der Waals surface area contributed by atoms with Crippen LogP contribution in [0, 0.1) is 0 Å². The first kappa shape index (κ1) is 14.1. The molecule has 1 heterocycles. The van der Waals surface area contributed by atoms with Gasteiger partial charge in [0, 0.05) is 6.08 Å². The number of amides is 1. The summed E-state index contributed by atoms with van der Waals surface area (Å²) in [5.74, 6) is -1.02. The molecule has 2 rings (SSSR count). The Morgan fingerprint density at radius 2 is 1.95 bits per heavy atom. The van der Waals surface area contributed by atoms with Crippen molar-refractivity contribution in [1.82, 2.24) is 0 Å². The van der Waals surface area contributed by atoms with Gasteiger partial charge in [0.2, 0.25) is 5.91 Å². The Morgan fingerprint density at radius 3 is 2.60 bits per heavy atom. The van der Waals surface area contributed by atoms with Crippen molar-refractivity contribution in [3.8, 4) is 0 Å². The van der Waals surface area contributed by atoms with Gasteiger partial charge in [0.05, 0.1) is 11.3 Å². The van der Waals surface area contributed by atoms with Crippen molar-refractivity contribution in [3.63, 3.8) is 0 Å². The lowest BCUT2D eigenvalue weighted by atomic mass is 10.2. The van der Waals surface area contributed by atoms with E-state index in [4.69, 9.17) is 9.52 Å². The number of hydrogen-bond acceptors (Lipinski definition) is 3.